The maximum absolute atomic E-state index is 12.3. The Labute approximate surface area is 142 Å². The summed E-state index contributed by atoms with van der Waals surface area (Å²) in [7, 11) is -3.68. The molecule has 0 aliphatic carbocycles. The first-order valence-corrected chi connectivity index (χ1v) is 9.43. The molecule has 24 heavy (non-hydrogen) atoms. The van der Waals surface area contributed by atoms with E-state index >= 15 is 0 Å². The van der Waals surface area contributed by atoms with E-state index in [9.17, 15) is 13.2 Å². The van der Waals surface area contributed by atoms with Gasteiger partial charge >= 0.3 is 0 Å². The number of rotatable bonds is 10. The summed E-state index contributed by atoms with van der Waals surface area (Å²) in [5.41, 5.74) is 11.0. The molecule has 1 atom stereocenters. The van der Waals surface area contributed by atoms with Gasteiger partial charge < -0.3 is 5.73 Å². The zero-order chi connectivity index (χ0) is 18.0. The lowest BCUT2D eigenvalue weighted by Crippen LogP contribution is -2.55. The molecule has 0 fully saturated rings. The topological polar surface area (TPSA) is 137 Å². The summed E-state index contributed by atoms with van der Waals surface area (Å²) < 4.78 is 26.0. The molecule has 0 unspecified atom stereocenters. The normalized spacial score (nSPS) is 12.4. The van der Waals surface area contributed by atoms with Crippen molar-refractivity contribution in [2.45, 2.75) is 38.6 Å². The van der Waals surface area contributed by atoms with Crippen LogP contribution in [0, 0.1) is 5.41 Å². The van der Waals surface area contributed by atoms with Gasteiger partial charge in [0.05, 0.1) is 5.75 Å². The van der Waals surface area contributed by atoms with Gasteiger partial charge in [0, 0.05) is 0 Å². The summed E-state index contributed by atoms with van der Waals surface area (Å²) in [5, 5.41) is 7.15. The molecule has 0 aliphatic heterocycles. The van der Waals surface area contributed by atoms with Crippen LogP contribution in [-0.2, 0) is 21.2 Å². The van der Waals surface area contributed by atoms with Crippen molar-refractivity contribution in [3.8, 4) is 0 Å². The molecule has 1 aromatic carbocycles. The Morgan fingerprint density at radius 3 is 2.50 bits per heavy atom. The van der Waals surface area contributed by atoms with Gasteiger partial charge in [-0.3, -0.25) is 20.4 Å². The molecular weight excluding hydrogens is 330 g/mol. The van der Waals surface area contributed by atoms with Crippen LogP contribution in [-0.4, -0.2) is 32.1 Å². The summed E-state index contributed by atoms with van der Waals surface area (Å²) in [5.74, 6) is -1.15. The van der Waals surface area contributed by atoms with E-state index in [2.05, 4.69) is 15.6 Å². The molecule has 1 amide bonds. The van der Waals surface area contributed by atoms with Crippen molar-refractivity contribution in [3.63, 3.8) is 0 Å². The van der Waals surface area contributed by atoms with E-state index in [1.54, 1.807) is 0 Å². The second-order valence-corrected chi connectivity index (χ2v) is 7.26. The van der Waals surface area contributed by atoms with Gasteiger partial charge in [0.25, 0.3) is 5.91 Å². The van der Waals surface area contributed by atoms with Gasteiger partial charge in [-0.2, -0.15) is 0 Å². The Hall–Kier alpha value is -2.13. The van der Waals surface area contributed by atoms with Crippen molar-refractivity contribution in [3.05, 3.63) is 35.9 Å². The van der Waals surface area contributed by atoms with E-state index in [4.69, 9.17) is 11.1 Å². The van der Waals surface area contributed by atoms with Gasteiger partial charge in [0.15, 0.2) is 5.96 Å². The number of nitrogens with two attached hydrogens (primary N) is 1. The molecule has 9 heteroatoms. The minimum Gasteiger partial charge on any atom is -0.369 e. The zero-order valence-electron chi connectivity index (χ0n) is 13.7. The second-order valence-electron chi connectivity index (χ2n) is 5.42. The number of benzene rings is 1. The maximum atomic E-state index is 12.3. The third-order valence-electron chi connectivity index (χ3n) is 3.25. The van der Waals surface area contributed by atoms with Crippen LogP contribution in [0.15, 0.2) is 30.3 Å². The summed E-state index contributed by atoms with van der Waals surface area (Å²) in [6.45, 7) is 1.97. The quantitative estimate of drug-likeness (QED) is 0.176. The van der Waals surface area contributed by atoms with Crippen LogP contribution < -0.4 is 21.3 Å². The number of sulfonamides is 1. The Kier molecular flexibility index (Phi) is 8.20. The van der Waals surface area contributed by atoms with Crippen LogP contribution in [0.4, 0.5) is 0 Å². The number of hydrazine groups is 1. The minimum atomic E-state index is -3.68. The molecule has 8 nitrogen and oxygen atoms in total. The Morgan fingerprint density at radius 2 is 1.92 bits per heavy atom. The van der Waals surface area contributed by atoms with E-state index in [-0.39, 0.29) is 18.1 Å². The van der Waals surface area contributed by atoms with Gasteiger partial charge in [-0.15, -0.1) is 0 Å². The Morgan fingerprint density at radius 1 is 1.25 bits per heavy atom. The average molecular weight is 355 g/mol. The Balaban J connectivity index is 2.73. The van der Waals surface area contributed by atoms with Crippen molar-refractivity contribution >= 4 is 21.9 Å². The molecule has 0 saturated carbocycles. The standard InChI is InChI=1S/C15H25N5O3S/c1-2-3-7-10-24(22,23)20-14(21)13(18-19-15(16)17)11-12-8-5-4-6-9-12/h4-6,8-9,13,18H,2-3,7,10-11H2,1H3,(H,20,21)(H4,16,17,19)/t13-/m0/s1. The molecule has 0 aromatic heterocycles. The SMILES string of the molecule is CCCCCS(=O)(=O)NC(=O)[C@H](Cc1ccccc1)NNC(=N)N. The summed E-state index contributed by atoms with van der Waals surface area (Å²) >= 11 is 0. The molecule has 0 aliphatic rings. The van der Waals surface area contributed by atoms with Crippen molar-refractivity contribution in [1.82, 2.24) is 15.6 Å². The third kappa shape index (κ3) is 7.93. The number of carbonyl (C=O) groups excluding carboxylic acids is 1. The first kappa shape index (κ1) is 19.9. The number of carbonyl (C=O) groups is 1. The number of unbranched alkanes of at least 4 members (excludes halogenated alkanes) is 2. The summed E-state index contributed by atoms with van der Waals surface area (Å²) in [6, 6.07) is 8.25. The molecule has 1 aromatic rings. The van der Waals surface area contributed by atoms with Gasteiger partial charge in [0.1, 0.15) is 6.04 Å². The van der Waals surface area contributed by atoms with E-state index in [0.29, 0.717) is 6.42 Å². The maximum Gasteiger partial charge on any atom is 0.252 e. The summed E-state index contributed by atoms with van der Waals surface area (Å²) in [4.78, 5) is 12.3. The van der Waals surface area contributed by atoms with Gasteiger partial charge in [-0.05, 0) is 18.4 Å². The van der Waals surface area contributed by atoms with E-state index in [1.807, 2.05) is 37.3 Å². The lowest BCUT2D eigenvalue weighted by Gasteiger charge is -2.19. The molecule has 0 spiro atoms. The van der Waals surface area contributed by atoms with Crippen LogP contribution in [0.3, 0.4) is 0 Å². The zero-order valence-corrected chi connectivity index (χ0v) is 14.5. The lowest BCUT2D eigenvalue weighted by atomic mass is 10.1. The van der Waals surface area contributed by atoms with Crippen molar-refractivity contribution < 1.29 is 13.2 Å². The third-order valence-corrected chi connectivity index (χ3v) is 4.59. The first-order chi connectivity index (χ1) is 11.3. The van der Waals surface area contributed by atoms with Crippen molar-refractivity contribution in [1.29, 1.82) is 5.41 Å². The number of amides is 1. The largest absolute Gasteiger partial charge is 0.369 e. The van der Waals surface area contributed by atoms with Crippen LogP contribution in [0.1, 0.15) is 31.7 Å². The fourth-order valence-electron chi connectivity index (χ4n) is 2.04. The fraction of sp³-hybridized carbons (Fsp3) is 0.467. The van der Waals surface area contributed by atoms with Crippen LogP contribution in [0.25, 0.3) is 0 Å². The predicted molar refractivity (Wildman–Crippen MR) is 93.6 cm³/mol. The highest BCUT2D eigenvalue weighted by Crippen LogP contribution is 2.04. The fourth-order valence-corrected chi connectivity index (χ4v) is 3.18. The highest BCUT2D eigenvalue weighted by molar-refractivity contribution is 7.90. The van der Waals surface area contributed by atoms with Crippen molar-refractivity contribution in [2.24, 2.45) is 5.73 Å². The van der Waals surface area contributed by atoms with Crippen LogP contribution >= 0.6 is 0 Å². The molecule has 6 N–H and O–H groups in total. The van der Waals surface area contributed by atoms with Gasteiger partial charge in [-0.25, -0.2) is 13.8 Å². The number of guanidine groups is 1. The molecule has 0 heterocycles. The predicted octanol–water partition coefficient (Wildman–Crippen LogP) is 0.222. The second kappa shape index (κ2) is 9.89. The van der Waals surface area contributed by atoms with Gasteiger partial charge in [0.2, 0.25) is 10.0 Å². The molecular formula is C15H25N5O3S. The molecule has 0 bridgehead atoms. The molecule has 134 valence electrons. The number of hydrogen-bond donors (Lipinski definition) is 5. The number of hydrogen-bond acceptors (Lipinski definition) is 5. The minimum absolute atomic E-state index is 0.0925. The van der Waals surface area contributed by atoms with Gasteiger partial charge in [-0.1, -0.05) is 50.1 Å². The highest BCUT2D eigenvalue weighted by Gasteiger charge is 2.23. The lowest BCUT2D eigenvalue weighted by molar-refractivity contribution is -0.121. The highest BCUT2D eigenvalue weighted by atomic mass is 32.2. The van der Waals surface area contributed by atoms with Crippen molar-refractivity contribution in [2.75, 3.05) is 5.75 Å². The average Bonchev–Trinajstić information content (AvgIpc) is 2.51. The van der Waals surface area contributed by atoms with E-state index < -0.39 is 22.0 Å². The van der Waals surface area contributed by atoms with E-state index in [1.165, 1.54) is 0 Å². The first-order valence-electron chi connectivity index (χ1n) is 7.78. The van der Waals surface area contributed by atoms with Crippen LogP contribution in [0.2, 0.25) is 0 Å². The monoisotopic (exact) mass is 355 g/mol. The molecule has 0 saturated heterocycles. The molecule has 1 rings (SSSR count). The van der Waals surface area contributed by atoms with Crippen LogP contribution in [0.5, 0.6) is 0 Å². The summed E-state index contributed by atoms with van der Waals surface area (Å²) in [6.07, 6.45) is 2.43. The number of nitrogens with one attached hydrogen (secondary N) is 4. The Bertz CT molecular complexity index is 634. The van der Waals surface area contributed by atoms with E-state index in [0.717, 1.165) is 18.4 Å². The smallest absolute Gasteiger partial charge is 0.252 e. The molecule has 0 radical (unpaired) electrons.